The van der Waals surface area contributed by atoms with Crippen LogP contribution in [0.15, 0.2) is 0 Å². The van der Waals surface area contributed by atoms with Gasteiger partial charge in [0.05, 0.1) is 0 Å². The van der Waals surface area contributed by atoms with Crippen molar-refractivity contribution in [2.45, 2.75) is 70.4 Å². The number of piperidine rings is 1. The highest BCUT2D eigenvalue weighted by molar-refractivity contribution is 5.83. The molecule has 1 heterocycles. The third kappa shape index (κ3) is 3.87. The Labute approximate surface area is 120 Å². The van der Waals surface area contributed by atoms with E-state index in [1.54, 1.807) is 0 Å². The number of aliphatic carboxylic acids is 1. The van der Waals surface area contributed by atoms with Crippen LogP contribution < -0.4 is 5.32 Å². The zero-order valence-electron chi connectivity index (χ0n) is 12.3. The number of carboxylic acid groups (broad SMARTS) is 1. The fraction of sp³-hybridized carbons (Fsp3) is 0.867. The molecular weight excluding hydrogens is 256 g/mol. The third-order valence-corrected chi connectivity index (χ3v) is 4.63. The highest BCUT2D eigenvalue weighted by atomic mass is 16.4. The highest BCUT2D eigenvalue weighted by Crippen LogP contribution is 2.23. The van der Waals surface area contributed by atoms with Crippen LogP contribution in [0.3, 0.4) is 0 Å². The molecule has 0 aromatic rings. The predicted octanol–water partition coefficient (Wildman–Crippen LogP) is 2.60. The summed E-state index contributed by atoms with van der Waals surface area (Å²) in [7, 11) is 0. The first-order valence-corrected chi connectivity index (χ1v) is 7.88. The molecule has 3 unspecified atom stereocenters. The maximum atomic E-state index is 12.3. The molecule has 1 saturated carbocycles. The van der Waals surface area contributed by atoms with Gasteiger partial charge in [-0.15, -0.1) is 0 Å². The van der Waals surface area contributed by atoms with Crippen LogP contribution in [0.5, 0.6) is 0 Å². The number of hydrogen-bond acceptors (Lipinski definition) is 2. The first kappa shape index (κ1) is 15.1. The second kappa shape index (κ2) is 6.95. The highest BCUT2D eigenvalue weighted by Gasteiger charge is 2.32. The van der Waals surface area contributed by atoms with Gasteiger partial charge in [0.1, 0.15) is 6.04 Å². The summed E-state index contributed by atoms with van der Waals surface area (Å²) in [4.78, 5) is 25.1. The van der Waals surface area contributed by atoms with Crippen molar-refractivity contribution in [2.24, 2.45) is 5.92 Å². The second-order valence-corrected chi connectivity index (χ2v) is 6.30. The summed E-state index contributed by atoms with van der Waals surface area (Å²) < 4.78 is 0. The van der Waals surface area contributed by atoms with Crippen molar-refractivity contribution in [1.29, 1.82) is 0 Å². The third-order valence-electron chi connectivity index (χ3n) is 4.63. The van der Waals surface area contributed by atoms with E-state index in [0.717, 1.165) is 44.4 Å². The van der Waals surface area contributed by atoms with Crippen molar-refractivity contribution in [3.05, 3.63) is 0 Å². The van der Waals surface area contributed by atoms with Gasteiger partial charge < -0.3 is 15.3 Å². The molecule has 0 aromatic carbocycles. The molecule has 1 aliphatic heterocycles. The van der Waals surface area contributed by atoms with Gasteiger partial charge in [0, 0.05) is 12.6 Å². The Morgan fingerprint density at radius 1 is 1.05 bits per heavy atom. The van der Waals surface area contributed by atoms with E-state index >= 15 is 0 Å². The minimum absolute atomic E-state index is 0.184. The van der Waals surface area contributed by atoms with Gasteiger partial charge in [-0.2, -0.15) is 0 Å². The van der Waals surface area contributed by atoms with Crippen LogP contribution in [0.1, 0.15) is 58.3 Å². The maximum Gasteiger partial charge on any atom is 0.326 e. The lowest BCUT2D eigenvalue weighted by Gasteiger charge is -2.34. The van der Waals surface area contributed by atoms with Gasteiger partial charge in [-0.25, -0.2) is 9.59 Å². The van der Waals surface area contributed by atoms with Gasteiger partial charge in [-0.3, -0.25) is 0 Å². The minimum Gasteiger partial charge on any atom is -0.480 e. The van der Waals surface area contributed by atoms with Gasteiger partial charge in [-0.05, 0) is 44.4 Å². The number of carbonyl (C=O) groups is 2. The molecule has 5 nitrogen and oxygen atoms in total. The number of rotatable bonds is 2. The molecule has 2 aliphatic rings. The summed E-state index contributed by atoms with van der Waals surface area (Å²) in [6.07, 6.45) is 7.92. The Hall–Kier alpha value is -1.26. The number of carbonyl (C=O) groups excluding carboxylic acids is 1. The van der Waals surface area contributed by atoms with E-state index in [9.17, 15) is 14.7 Å². The van der Waals surface area contributed by atoms with E-state index in [1.165, 1.54) is 11.3 Å². The number of likely N-dealkylation sites (tertiary alicyclic amines) is 1. The van der Waals surface area contributed by atoms with Crippen molar-refractivity contribution in [3.63, 3.8) is 0 Å². The van der Waals surface area contributed by atoms with Crippen LogP contribution in [0.25, 0.3) is 0 Å². The summed E-state index contributed by atoms with van der Waals surface area (Å²) in [5.41, 5.74) is 0. The van der Waals surface area contributed by atoms with E-state index in [0.29, 0.717) is 13.0 Å². The van der Waals surface area contributed by atoms with Crippen molar-refractivity contribution in [2.75, 3.05) is 6.54 Å². The fourth-order valence-electron chi connectivity index (χ4n) is 3.32. The normalized spacial score (nSPS) is 31.4. The SMILES string of the molecule is CC1CCCC(NC(=O)N2CCCCC2C(=O)O)CC1. The summed E-state index contributed by atoms with van der Waals surface area (Å²) in [5, 5.41) is 12.3. The Bertz CT molecular complexity index is 359. The number of nitrogens with one attached hydrogen (secondary N) is 1. The summed E-state index contributed by atoms with van der Waals surface area (Å²) in [5.74, 6) is -0.145. The zero-order valence-corrected chi connectivity index (χ0v) is 12.3. The molecule has 2 N–H and O–H groups in total. The summed E-state index contributed by atoms with van der Waals surface area (Å²) in [6.45, 7) is 2.82. The molecular formula is C15H26N2O3. The van der Waals surface area contributed by atoms with Gasteiger partial charge in [-0.1, -0.05) is 19.8 Å². The number of nitrogens with zero attached hydrogens (tertiary/aromatic N) is 1. The maximum absolute atomic E-state index is 12.3. The fourth-order valence-corrected chi connectivity index (χ4v) is 3.32. The molecule has 114 valence electrons. The molecule has 2 rings (SSSR count). The quantitative estimate of drug-likeness (QED) is 0.765. The Kier molecular flexibility index (Phi) is 5.26. The lowest BCUT2D eigenvalue weighted by molar-refractivity contribution is -0.143. The number of urea groups is 1. The molecule has 0 bridgehead atoms. The molecule has 3 atom stereocenters. The minimum atomic E-state index is -0.880. The Balaban J connectivity index is 1.90. The molecule has 1 aliphatic carbocycles. The lowest BCUT2D eigenvalue weighted by Crippen LogP contribution is -2.53. The average Bonchev–Trinajstić information content (AvgIpc) is 2.63. The molecule has 1 saturated heterocycles. The van der Waals surface area contributed by atoms with E-state index in [1.807, 2.05) is 0 Å². The molecule has 5 heteroatoms. The van der Waals surface area contributed by atoms with Crippen LogP contribution in [0, 0.1) is 5.92 Å². The van der Waals surface area contributed by atoms with Gasteiger partial charge in [0.2, 0.25) is 0 Å². The van der Waals surface area contributed by atoms with Crippen molar-refractivity contribution in [3.8, 4) is 0 Å². The molecule has 20 heavy (non-hydrogen) atoms. The standard InChI is InChI=1S/C15H26N2O3/c1-11-5-4-6-12(9-8-11)16-15(20)17-10-3-2-7-13(17)14(18)19/h11-13H,2-10H2,1H3,(H,16,20)(H,18,19). The Morgan fingerprint density at radius 2 is 1.85 bits per heavy atom. The number of hydrogen-bond donors (Lipinski definition) is 2. The van der Waals surface area contributed by atoms with Gasteiger partial charge >= 0.3 is 12.0 Å². The van der Waals surface area contributed by atoms with Crippen LogP contribution in [-0.2, 0) is 4.79 Å². The van der Waals surface area contributed by atoms with E-state index < -0.39 is 12.0 Å². The molecule has 0 spiro atoms. The molecule has 0 aromatic heterocycles. The molecule has 0 radical (unpaired) electrons. The van der Waals surface area contributed by atoms with Crippen LogP contribution in [0.2, 0.25) is 0 Å². The van der Waals surface area contributed by atoms with Crippen LogP contribution in [0.4, 0.5) is 4.79 Å². The largest absolute Gasteiger partial charge is 0.480 e. The predicted molar refractivity (Wildman–Crippen MR) is 76.5 cm³/mol. The van der Waals surface area contributed by atoms with E-state index in [-0.39, 0.29) is 12.1 Å². The van der Waals surface area contributed by atoms with Crippen molar-refractivity contribution >= 4 is 12.0 Å². The number of carboxylic acids is 1. The van der Waals surface area contributed by atoms with Crippen LogP contribution in [-0.4, -0.2) is 40.6 Å². The first-order valence-electron chi connectivity index (χ1n) is 7.88. The first-order chi connectivity index (χ1) is 9.58. The Morgan fingerprint density at radius 3 is 2.60 bits per heavy atom. The topological polar surface area (TPSA) is 69.6 Å². The molecule has 2 amide bonds. The lowest BCUT2D eigenvalue weighted by atomic mass is 10.0. The van der Waals surface area contributed by atoms with Crippen LogP contribution >= 0.6 is 0 Å². The van der Waals surface area contributed by atoms with E-state index in [4.69, 9.17) is 0 Å². The smallest absolute Gasteiger partial charge is 0.326 e. The van der Waals surface area contributed by atoms with Crippen molar-refractivity contribution in [1.82, 2.24) is 10.2 Å². The summed E-state index contributed by atoms with van der Waals surface area (Å²) in [6, 6.07) is -0.617. The number of amides is 2. The average molecular weight is 282 g/mol. The zero-order chi connectivity index (χ0) is 14.5. The van der Waals surface area contributed by atoms with Gasteiger partial charge in [0.15, 0.2) is 0 Å². The van der Waals surface area contributed by atoms with Gasteiger partial charge in [0.25, 0.3) is 0 Å². The second-order valence-electron chi connectivity index (χ2n) is 6.30. The molecule has 2 fully saturated rings. The summed E-state index contributed by atoms with van der Waals surface area (Å²) >= 11 is 0. The van der Waals surface area contributed by atoms with E-state index in [2.05, 4.69) is 12.2 Å². The monoisotopic (exact) mass is 282 g/mol. The van der Waals surface area contributed by atoms with Crippen molar-refractivity contribution < 1.29 is 14.7 Å².